The van der Waals surface area contributed by atoms with Crippen molar-refractivity contribution in [3.63, 3.8) is 0 Å². The van der Waals surface area contributed by atoms with Gasteiger partial charge in [0.15, 0.2) is 0 Å². The van der Waals surface area contributed by atoms with E-state index >= 15 is 0 Å². The maximum absolute atomic E-state index is 2.62. The maximum atomic E-state index is 2.62. The van der Waals surface area contributed by atoms with Crippen molar-refractivity contribution in [3.8, 4) is 33.4 Å². The number of rotatable bonds is 7. The molecule has 63 heavy (non-hydrogen) atoms. The molecule has 0 bridgehead atoms. The lowest BCUT2D eigenvalue weighted by Crippen LogP contribution is -2.33. The highest BCUT2D eigenvalue weighted by Gasteiger charge is 2.30. The SMILES string of the molecule is CC(C)(C)c1cc(-c2cccc3cccc(C4=CC=CCC4N(c4ccc(-c5ccccc5)cc4)c4ccccc4-c4cccc5c4ccc4ccccc45)c23)cc(C(C)(C)C)c1. The van der Waals surface area contributed by atoms with Gasteiger partial charge in [-0.15, -0.1) is 0 Å². The Morgan fingerprint density at radius 3 is 1.76 bits per heavy atom. The van der Waals surface area contributed by atoms with Crippen LogP contribution in [0.25, 0.3) is 71.3 Å². The summed E-state index contributed by atoms with van der Waals surface area (Å²) < 4.78 is 0. The van der Waals surface area contributed by atoms with Crippen molar-refractivity contribution in [1.29, 1.82) is 0 Å². The van der Waals surface area contributed by atoms with Crippen LogP contribution in [0.1, 0.15) is 64.7 Å². The van der Waals surface area contributed by atoms with Gasteiger partial charge in [-0.2, -0.15) is 0 Å². The van der Waals surface area contributed by atoms with Crippen LogP contribution in [0.5, 0.6) is 0 Å². The lowest BCUT2D eigenvalue weighted by Gasteiger charge is -2.38. The number of allylic oxidation sites excluding steroid dienone is 2. The van der Waals surface area contributed by atoms with E-state index in [1.165, 1.54) is 93.6 Å². The molecule has 1 aliphatic rings. The van der Waals surface area contributed by atoms with Gasteiger partial charge in [0.2, 0.25) is 0 Å². The topological polar surface area (TPSA) is 3.24 Å². The van der Waals surface area contributed by atoms with Crippen LogP contribution in [-0.2, 0) is 10.8 Å². The molecule has 0 N–H and O–H groups in total. The Labute approximate surface area is 373 Å². The zero-order chi connectivity index (χ0) is 43.3. The minimum atomic E-state index is -0.000710. The monoisotopic (exact) mass is 813 g/mol. The summed E-state index contributed by atoms with van der Waals surface area (Å²) in [6.45, 7) is 14.0. The van der Waals surface area contributed by atoms with E-state index in [1.807, 2.05) is 0 Å². The predicted molar refractivity (Wildman–Crippen MR) is 273 cm³/mol. The molecule has 0 aliphatic heterocycles. The third-order valence-electron chi connectivity index (χ3n) is 13.1. The average molecular weight is 814 g/mol. The molecule has 1 atom stereocenters. The van der Waals surface area contributed by atoms with E-state index in [-0.39, 0.29) is 16.9 Å². The first-order chi connectivity index (χ1) is 30.5. The van der Waals surface area contributed by atoms with Gasteiger partial charge in [0.05, 0.1) is 6.04 Å². The first kappa shape index (κ1) is 40.1. The molecule has 0 heterocycles. The van der Waals surface area contributed by atoms with Crippen molar-refractivity contribution in [2.24, 2.45) is 0 Å². The summed E-state index contributed by atoms with van der Waals surface area (Å²) in [5.41, 5.74) is 15.1. The molecule has 1 heteroatoms. The second-order valence-electron chi connectivity index (χ2n) is 19.3. The van der Waals surface area contributed by atoms with Gasteiger partial charge in [-0.1, -0.05) is 230 Å². The molecule has 1 unspecified atom stereocenters. The lowest BCUT2D eigenvalue weighted by molar-refractivity contribution is 0.569. The molecule has 0 saturated heterocycles. The number of hydrogen-bond acceptors (Lipinski definition) is 1. The molecule has 308 valence electrons. The van der Waals surface area contributed by atoms with Crippen LogP contribution in [0.3, 0.4) is 0 Å². The summed E-state index contributed by atoms with van der Waals surface area (Å²) >= 11 is 0. The second kappa shape index (κ2) is 16.1. The van der Waals surface area contributed by atoms with Crippen molar-refractivity contribution in [2.45, 2.75) is 64.8 Å². The summed E-state index contributed by atoms with van der Waals surface area (Å²) in [5.74, 6) is 0. The lowest BCUT2D eigenvalue weighted by atomic mass is 9.78. The molecule has 0 fully saturated rings. The van der Waals surface area contributed by atoms with Crippen LogP contribution < -0.4 is 4.90 Å². The van der Waals surface area contributed by atoms with Gasteiger partial charge in [0.25, 0.3) is 0 Å². The van der Waals surface area contributed by atoms with E-state index in [4.69, 9.17) is 0 Å². The molecule has 0 spiro atoms. The van der Waals surface area contributed by atoms with Crippen molar-refractivity contribution < 1.29 is 0 Å². The van der Waals surface area contributed by atoms with E-state index < -0.39 is 0 Å². The minimum Gasteiger partial charge on any atom is -0.333 e. The van der Waals surface area contributed by atoms with Crippen LogP contribution in [0.15, 0.2) is 206 Å². The van der Waals surface area contributed by atoms with E-state index in [0.29, 0.717) is 0 Å². The zero-order valence-electron chi connectivity index (χ0n) is 37.4. The van der Waals surface area contributed by atoms with Gasteiger partial charge in [0, 0.05) is 16.9 Å². The van der Waals surface area contributed by atoms with Gasteiger partial charge >= 0.3 is 0 Å². The number of nitrogens with zero attached hydrogens (tertiary/aromatic N) is 1. The Morgan fingerprint density at radius 1 is 0.429 bits per heavy atom. The zero-order valence-corrected chi connectivity index (χ0v) is 37.4. The Balaban J connectivity index is 1.19. The average Bonchev–Trinajstić information content (AvgIpc) is 3.31. The Kier molecular flexibility index (Phi) is 10.2. The van der Waals surface area contributed by atoms with E-state index in [0.717, 1.165) is 12.1 Å². The Hall–Kier alpha value is -6.96. The summed E-state index contributed by atoms with van der Waals surface area (Å²) in [6, 6.07) is 70.2. The fraction of sp³-hybridized carbons (Fsp3) is 0.161. The van der Waals surface area contributed by atoms with Crippen LogP contribution in [-0.4, -0.2) is 6.04 Å². The van der Waals surface area contributed by atoms with Crippen molar-refractivity contribution in [2.75, 3.05) is 4.90 Å². The van der Waals surface area contributed by atoms with Gasteiger partial charge in [-0.25, -0.2) is 0 Å². The smallest absolute Gasteiger partial charge is 0.0632 e. The molecule has 9 aromatic carbocycles. The van der Waals surface area contributed by atoms with Crippen molar-refractivity contribution in [3.05, 3.63) is 223 Å². The van der Waals surface area contributed by atoms with Crippen molar-refractivity contribution in [1.82, 2.24) is 0 Å². The van der Waals surface area contributed by atoms with Gasteiger partial charge < -0.3 is 4.90 Å². The van der Waals surface area contributed by atoms with E-state index in [1.54, 1.807) is 0 Å². The minimum absolute atomic E-state index is 0.000710. The van der Waals surface area contributed by atoms with Gasteiger partial charge in [-0.05, 0) is 118 Å². The first-order valence-electron chi connectivity index (χ1n) is 22.5. The summed E-state index contributed by atoms with van der Waals surface area (Å²) in [7, 11) is 0. The molecule has 1 nitrogen and oxygen atoms in total. The largest absolute Gasteiger partial charge is 0.333 e. The number of anilines is 2. The molecule has 0 radical (unpaired) electrons. The number of benzene rings is 9. The standard InChI is InChI=1S/C62H55N/c1-61(2,3)47-39-46(40-48(41-47)62(4,5)6)51-27-16-22-45-23-17-30-57(60(45)51)56-26-13-15-32-59(56)63(49-36-33-43(34-37-49)42-19-8-7-9-20-42)58-31-14-12-25-55(58)53-29-18-28-52-50-24-11-10-21-44(50)35-38-54(52)53/h7-31,33-41,59H,32H2,1-6H3. The van der Waals surface area contributed by atoms with Crippen LogP contribution in [0, 0.1) is 0 Å². The maximum Gasteiger partial charge on any atom is 0.0632 e. The molecule has 9 aromatic rings. The van der Waals surface area contributed by atoms with E-state index in [9.17, 15) is 0 Å². The summed E-state index contributed by atoms with van der Waals surface area (Å²) in [6.07, 6.45) is 7.85. The van der Waals surface area contributed by atoms with E-state index in [2.05, 4.69) is 253 Å². The predicted octanol–water partition coefficient (Wildman–Crippen LogP) is 17.3. The highest BCUT2D eigenvalue weighted by molar-refractivity contribution is 6.13. The number of para-hydroxylation sites is 1. The third-order valence-corrected chi connectivity index (χ3v) is 13.1. The molecule has 10 rings (SSSR count). The first-order valence-corrected chi connectivity index (χ1v) is 22.5. The fourth-order valence-electron chi connectivity index (χ4n) is 9.72. The normalized spacial score (nSPS) is 14.3. The number of hydrogen-bond donors (Lipinski definition) is 0. The molecule has 1 aliphatic carbocycles. The molecule has 0 amide bonds. The molecular weight excluding hydrogens is 759 g/mol. The molecule has 0 aromatic heterocycles. The van der Waals surface area contributed by atoms with Crippen LogP contribution in [0.4, 0.5) is 11.4 Å². The highest BCUT2D eigenvalue weighted by Crippen LogP contribution is 2.47. The summed E-state index contributed by atoms with van der Waals surface area (Å²) in [4.78, 5) is 2.62. The number of fused-ring (bicyclic) bond motifs is 4. The Morgan fingerprint density at radius 2 is 1.02 bits per heavy atom. The Bertz CT molecular complexity index is 3170. The van der Waals surface area contributed by atoms with Crippen LogP contribution in [0.2, 0.25) is 0 Å². The quantitative estimate of drug-likeness (QED) is 0.145. The third kappa shape index (κ3) is 7.57. The molecular formula is C62H55N. The second-order valence-corrected chi connectivity index (χ2v) is 19.3. The summed E-state index contributed by atoms with van der Waals surface area (Å²) in [5, 5.41) is 7.61. The fourth-order valence-corrected chi connectivity index (χ4v) is 9.72. The molecule has 0 saturated carbocycles. The van der Waals surface area contributed by atoms with Gasteiger partial charge in [0.1, 0.15) is 0 Å². The van der Waals surface area contributed by atoms with Gasteiger partial charge in [-0.3, -0.25) is 0 Å². The van der Waals surface area contributed by atoms with Crippen molar-refractivity contribution >= 4 is 49.3 Å². The highest BCUT2D eigenvalue weighted by atomic mass is 15.2. The van der Waals surface area contributed by atoms with Crippen LogP contribution >= 0.6 is 0 Å².